The molecule has 6 nitrogen and oxygen atoms in total. The minimum atomic E-state index is -0.635. The summed E-state index contributed by atoms with van der Waals surface area (Å²) in [5.74, 6) is 1.15. The lowest BCUT2D eigenvalue weighted by molar-refractivity contribution is -0.131. The zero-order valence-electron chi connectivity index (χ0n) is 21.2. The van der Waals surface area contributed by atoms with Crippen molar-refractivity contribution in [2.75, 3.05) is 0 Å². The molecule has 0 aromatic heterocycles. The molecule has 1 aliphatic rings. The van der Waals surface area contributed by atoms with E-state index in [-0.39, 0.29) is 23.9 Å². The summed E-state index contributed by atoms with van der Waals surface area (Å²) in [6, 6.07) is 11.6. The first-order valence-electron chi connectivity index (χ1n) is 12.2. The average Bonchev–Trinajstić information content (AvgIpc) is 2.79. The van der Waals surface area contributed by atoms with Crippen LogP contribution in [-0.4, -0.2) is 36.1 Å². The first kappa shape index (κ1) is 25.6. The van der Waals surface area contributed by atoms with Gasteiger partial charge in [-0.15, -0.1) is 0 Å². The molecule has 1 saturated carbocycles. The second kappa shape index (κ2) is 11.4. The first-order valence-corrected chi connectivity index (χ1v) is 12.2. The second-order valence-corrected chi connectivity index (χ2v) is 9.48. The maximum absolute atomic E-state index is 12.9. The molecule has 0 spiro atoms. The average molecular weight is 467 g/mol. The lowest BCUT2D eigenvalue weighted by Crippen LogP contribution is -2.56. The third kappa shape index (κ3) is 6.31. The van der Waals surface area contributed by atoms with Crippen LogP contribution in [-0.2, 0) is 9.59 Å². The van der Waals surface area contributed by atoms with Crippen molar-refractivity contribution in [2.45, 2.75) is 91.5 Å². The molecule has 3 rings (SSSR count). The van der Waals surface area contributed by atoms with Gasteiger partial charge < -0.3 is 20.1 Å². The van der Waals surface area contributed by atoms with Crippen LogP contribution >= 0.6 is 0 Å². The Kier molecular flexibility index (Phi) is 8.59. The van der Waals surface area contributed by atoms with Crippen molar-refractivity contribution in [3.8, 4) is 11.5 Å². The topological polar surface area (TPSA) is 76.7 Å². The van der Waals surface area contributed by atoms with Crippen molar-refractivity contribution in [1.82, 2.24) is 10.6 Å². The van der Waals surface area contributed by atoms with Crippen molar-refractivity contribution >= 4 is 11.8 Å². The Bertz CT molecular complexity index is 897. The fraction of sp³-hybridized carbons (Fsp3) is 0.500. The zero-order chi connectivity index (χ0) is 24.8. The number of benzene rings is 2. The van der Waals surface area contributed by atoms with E-state index in [0.29, 0.717) is 0 Å². The highest BCUT2D eigenvalue weighted by molar-refractivity contribution is 5.82. The number of nitrogens with one attached hydrogen (secondary N) is 2. The number of ether oxygens (including phenoxy) is 2. The Morgan fingerprint density at radius 1 is 0.706 bits per heavy atom. The van der Waals surface area contributed by atoms with Gasteiger partial charge in [-0.05, 0) is 76.6 Å². The molecule has 2 aromatic rings. The summed E-state index contributed by atoms with van der Waals surface area (Å²) in [5, 5.41) is 6.24. The number of rotatable bonds is 8. The third-order valence-corrected chi connectivity index (χ3v) is 6.57. The Balaban J connectivity index is 1.60. The molecule has 0 aliphatic heterocycles. The van der Waals surface area contributed by atoms with E-state index < -0.39 is 12.2 Å². The van der Waals surface area contributed by atoms with E-state index in [1.807, 2.05) is 64.1 Å². The molecule has 2 amide bonds. The summed E-state index contributed by atoms with van der Waals surface area (Å²) in [4.78, 5) is 25.9. The molecular weight excluding hydrogens is 428 g/mol. The SMILES string of the molecule is Cc1cccc(C)c1OC(C)C(=O)NC1CCCCC1NC(=O)C(C)Oc1c(C)cccc1C. The third-order valence-electron chi connectivity index (χ3n) is 6.57. The highest BCUT2D eigenvalue weighted by Gasteiger charge is 2.31. The van der Waals surface area contributed by atoms with Gasteiger partial charge in [0.15, 0.2) is 12.2 Å². The number of amides is 2. The standard InChI is InChI=1S/C28H38N2O4/c1-17-11-9-12-18(2)25(17)33-21(5)27(31)29-23-15-7-8-16-24(23)30-28(32)22(6)34-26-19(3)13-10-14-20(26)4/h9-14,21-24H,7-8,15-16H2,1-6H3,(H,29,31)(H,30,32). The maximum Gasteiger partial charge on any atom is 0.261 e. The van der Waals surface area contributed by atoms with Crippen molar-refractivity contribution in [1.29, 1.82) is 0 Å². The number of carbonyl (C=O) groups excluding carboxylic acids is 2. The van der Waals surface area contributed by atoms with Crippen LogP contribution in [0.15, 0.2) is 36.4 Å². The monoisotopic (exact) mass is 466 g/mol. The van der Waals surface area contributed by atoms with Gasteiger partial charge in [0.25, 0.3) is 11.8 Å². The van der Waals surface area contributed by atoms with E-state index in [0.717, 1.165) is 59.4 Å². The van der Waals surface area contributed by atoms with Gasteiger partial charge in [-0.25, -0.2) is 0 Å². The molecule has 2 aromatic carbocycles. The van der Waals surface area contributed by atoms with Crippen molar-refractivity contribution in [2.24, 2.45) is 0 Å². The Labute approximate surface area is 203 Å². The Morgan fingerprint density at radius 2 is 1.03 bits per heavy atom. The van der Waals surface area contributed by atoms with Crippen molar-refractivity contribution in [3.05, 3.63) is 58.7 Å². The van der Waals surface area contributed by atoms with E-state index in [1.54, 1.807) is 13.8 Å². The first-order chi connectivity index (χ1) is 16.2. The van der Waals surface area contributed by atoms with Crippen LogP contribution in [0.25, 0.3) is 0 Å². The highest BCUT2D eigenvalue weighted by Crippen LogP contribution is 2.25. The normalized spacial score (nSPS) is 19.6. The van der Waals surface area contributed by atoms with Crippen LogP contribution in [0.1, 0.15) is 61.8 Å². The van der Waals surface area contributed by atoms with Crippen LogP contribution in [0.2, 0.25) is 0 Å². The van der Waals surface area contributed by atoms with Crippen molar-refractivity contribution in [3.63, 3.8) is 0 Å². The van der Waals surface area contributed by atoms with Gasteiger partial charge in [0, 0.05) is 12.1 Å². The summed E-state index contributed by atoms with van der Waals surface area (Å²) >= 11 is 0. The molecule has 0 radical (unpaired) electrons. The number of para-hydroxylation sites is 2. The summed E-state index contributed by atoms with van der Waals surface area (Å²) in [6.45, 7) is 11.4. The molecule has 4 atom stereocenters. The van der Waals surface area contributed by atoms with E-state index in [4.69, 9.17) is 9.47 Å². The molecular formula is C28H38N2O4. The molecule has 6 heteroatoms. The predicted molar refractivity (Wildman–Crippen MR) is 134 cm³/mol. The molecule has 0 heterocycles. The molecule has 0 bridgehead atoms. The van der Waals surface area contributed by atoms with Crippen LogP contribution in [0.3, 0.4) is 0 Å². The van der Waals surface area contributed by atoms with Gasteiger partial charge in [0.1, 0.15) is 11.5 Å². The molecule has 1 fully saturated rings. The van der Waals surface area contributed by atoms with E-state index in [1.165, 1.54) is 0 Å². The van der Waals surface area contributed by atoms with Crippen LogP contribution < -0.4 is 20.1 Å². The van der Waals surface area contributed by atoms with Crippen LogP contribution in [0.4, 0.5) is 0 Å². The predicted octanol–water partition coefficient (Wildman–Crippen LogP) is 4.70. The molecule has 2 N–H and O–H groups in total. The highest BCUT2D eigenvalue weighted by atomic mass is 16.5. The molecule has 184 valence electrons. The molecule has 34 heavy (non-hydrogen) atoms. The van der Waals surface area contributed by atoms with Gasteiger partial charge in [-0.2, -0.15) is 0 Å². The van der Waals surface area contributed by atoms with E-state index in [9.17, 15) is 9.59 Å². The lowest BCUT2D eigenvalue weighted by Gasteiger charge is -2.34. The largest absolute Gasteiger partial charge is 0.480 e. The minimum absolute atomic E-state index is 0.137. The van der Waals surface area contributed by atoms with E-state index in [2.05, 4.69) is 10.6 Å². The lowest BCUT2D eigenvalue weighted by atomic mass is 9.90. The van der Waals surface area contributed by atoms with Gasteiger partial charge in [-0.1, -0.05) is 49.2 Å². The summed E-state index contributed by atoms with van der Waals surface area (Å²) in [6.07, 6.45) is 2.39. The smallest absolute Gasteiger partial charge is 0.261 e. The fourth-order valence-electron chi connectivity index (χ4n) is 4.51. The summed E-state index contributed by atoms with van der Waals surface area (Å²) in [7, 11) is 0. The van der Waals surface area contributed by atoms with Gasteiger partial charge in [0.05, 0.1) is 0 Å². The maximum atomic E-state index is 12.9. The fourth-order valence-corrected chi connectivity index (χ4v) is 4.51. The van der Waals surface area contributed by atoms with E-state index >= 15 is 0 Å². The number of carbonyl (C=O) groups is 2. The Hall–Kier alpha value is -3.02. The molecule has 4 unspecified atom stereocenters. The zero-order valence-corrected chi connectivity index (χ0v) is 21.2. The van der Waals surface area contributed by atoms with Gasteiger partial charge >= 0.3 is 0 Å². The van der Waals surface area contributed by atoms with Gasteiger partial charge in [0.2, 0.25) is 0 Å². The molecule has 1 aliphatic carbocycles. The number of hydrogen-bond acceptors (Lipinski definition) is 4. The quantitative estimate of drug-likeness (QED) is 0.591. The minimum Gasteiger partial charge on any atom is -0.480 e. The van der Waals surface area contributed by atoms with Gasteiger partial charge in [-0.3, -0.25) is 9.59 Å². The number of hydrogen-bond donors (Lipinski definition) is 2. The summed E-state index contributed by atoms with van der Waals surface area (Å²) in [5.41, 5.74) is 4.00. The number of aryl methyl sites for hydroxylation is 4. The Morgan fingerprint density at radius 3 is 1.35 bits per heavy atom. The van der Waals surface area contributed by atoms with Crippen molar-refractivity contribution < 1.29 is 19.1 Å². The van der Waals surface area contributed by atoms with Crippen LogP contribution in [0, 0.1) is 27.7 Å². The second-order valence-electron chi connectivity index (χ2n) is 9.48. The van der Waals surface area contributed by atoms with Crippen LogP contribution in [0.5, 0.6) is 11.5 Å². The molecule has 0 saturated heterocycles. The summed E-state index contributed by atoms with van der Waals surface area (Å²) < 4.78 is 12.0.